The maximum absolute atomic E-state index is 12.9. The Morgan fingerprint density at radius 3 is 2.42 bits per heavy atom. The number of alkyl carbamates (subject to hydrolysis) is 1. The van der Waals surface area contributed by atoms with Gasteiger partial charge in [-0.15, -0.1) is 0 Å². The van der Waals surface area contributed by atoms with Crippen molar-refractivity contribution in [3.8, 4) is 5.75 Å². The summed E-state index contributed by atoms with van der Waals surface area (Å²) in [4.78, 5) is 11.7. The van der Waals surface area contributed by atoms with Crippen LogP contribution in [0.5, 0.6) is 5.75 Å². The van der Waals surface area contributed by atoms with Gasteiger partial charge in [-0.3, -0.25) is 0 Å². The Kier molecular flexibility index (Phi) is 5.79. The number of amides is 1. The number of carbonyl (C=O) groups is 1. The van der Waals surface area contributed by atoms with Crippen LogP contribution in [0.3, 0.4) is 0 Å². The van der Waals surface area contributed by atoms with Gasteiger partial charge in [0, 0.05) is 12.1 Å². The van der Waals surface area contributed by atoms with Gasteiger partial charge in [-0.2, -0.15) is 0 Å². The molecule has 0 bridgehead atoms. The number of halogens is 1. The Labute approximate surface area is 141 Å². The van der Waals surface area contributed by atoms with Gasteiger partial charge in [0.1, 0.15) is 23.8 Å². The van der Waals surface area contributed by atoms with Crippen LogP contribution in [-0.4, -0.2) is 11.7 Å². The molecule has 0 radical (unpaired) electrons. The molecule has 24 heavy (non-hydrogen) atoms. The van der Waals surface area contributed by atoms with E-state index in [1.165, 1.54) is 12.1 Å². The highest BCUT2D eigenvalue weighted by Gasteiger charge is 2.16. The van der Waals surface area contributed by atoms with Crippen LogP contribution in [0, 0.1) is 5.82 Å². The molecule has 5 heteroatoms. The molecule has 0 unspecified atom stereocenters. The molecule has 2 aromatic rings. The van der Waals surface area contributed by atoms with E-state index in [-0.39, 0.29) is 5.82 Å². The molecule has 0 saturated heterocycles. The number of ether oxygens (including phenoxy) is 2. The van der Waals surface area contributed by atoms with Crippen LogP contribution in [0.1, 0.15) is 31.9 Å². The molecular formula is C19H22FNO3. The van der Waals surface area contributed by atoms with E-state index in [2.05, 4.69) is 5.32 Å². The maximum atomic E-state index is 12.9. The van der Waals surface area contributed by atoms with Crippen molar-refractivity contribution in [2.75, 3.05) is 0 Å². The second-order valence-electron chi connectivity index (χ2n) is 6.38. The minimum atomic E-state index is -0.539. The number of hydrogen-bond acceptors (Lipinski definition) is 3. The monoisotopic (exact) mass is 331 g/mol. The lowest BCUT2D eigenvalue weighted by Gasteiger charge is -2.20. The van der Waals surface area contributed by atoms with E-state index < -0.39 is 11.7 Å². The molecule has 2 rings (SSSR count). The van der Waals surface area contributed by atoms with Gasteiger partial charge < -0.3 is 14.8 Å². The van der Waals surface area contributed by atoms with Gasteiger partial charge in [0.25, 0.3) is 0 Å². The van der Waals surface area contributed by atoms with Crippen molar-refractivity contribution in [2.24, 2.45) is 0 Å². The largest absolute Gasteiger partial charge is 0.489 e. The molecule has 128 valence electrons. The normalized spacial score (nSPS) is 11.0. The van der Waals surface area contributed by atoms with Crippen LogP contribution in [0.4, 0.5) is 9.18 Å². The molecular weight excluding hydrogens is 309 g/mol. The second-order valence-corrected chi connectivity index (χ2v) is 6.38. The minimum Gasteiger partial charge on any atom is -0.489 e. The molecule has 1 amide bonds. The first-order valence-electron chi connectivity index (χ1n) is 7.75. The lowest BCUT2D eigenvalue weighted by atomic mass is 10.2. The highest BCUT2D eigenvalue weighted by molar-refractivity contribution is 5.67. The van der Waals surface area contributed by atoms with Crippen LogP contribution >= 0.6 is 0 Å². The van der Waals surface area contributed by atoms with Gasteiger partial charge in [-0.1, -0.05) is 30.3 Å². The minimum absolute atomic E-state index is 0.277. The molecule has 1 N–H and O–H groups in total. The van der Waals surface area contributed by atoms with Gasteiger partial charge in [-0.25, -0.2) is 9.18 Å². The van der Waals surface area contributed by atoms with Gasteiger partial charge in [0.05, 0.1) is 0 Å². The molecule has 0 spiro atoms. The molecule has 4 nitrogen and oxygen atoms in total. The molecule has 0 saturated carbocycles. The predicted octanol–water partition coefficient (Wildman–Crippen LogP) is 4.43. The van der Waals surface area contributed by atoms with E-state index in [4.69, 9.17) is 9.47 Å². The van der Waals surface area contributed by atoms with Crippen molar-refractivity contribution in [2.45, 2.75) is 39.5 Å². The third kappa shape index (κ3) is 5.91. The fourth-order valence-electron chi connectivity index (χ4n) is 2.01. The highest BCUT2D eigenvalue weighted by Crippen LogP contribution is 2.19. The Bertz CT molecular complexity index is 678. The van der Waals surface area contributed by atoms with E-state index in [1.807, 2.05) is 45.0 Å². The van der Waals surface area contributed by atoms with Crippen LogP contribution in [-0.2, 0) is 17.9 Å². The number of benzene rings is 2. The zero-order valence-electron chi connectivity index (χ0n) is 14.1. The van der Waals surface area contributed by atoms with Crippen molar-refractivity contribution < 1.29 is 18.7 Å². The number of nitrogens with one attached hydrogen (secondary N) is 1. The van der Waals surface area contributed by atoms with Crippen LogP contribution in [0.2, 0.25) is 0 Å². The molecule has 0 fully saturated rings. The zero-order chi connectivity index (χ0) is 17.6. The summed E-state index contributed by atoms with van der Waals surface area (Å²) in [6.07, 6.45) is -0.476. The van der Waals surface area contributed by atoms with Crippen LogP contribution < -0.4 is 10.1 Å². The average Bonchev–Trinajstić information content (AvgIpc) is 2.51. The summed E-state index contributed by atoms with van der Waals surface area (Å²) < 4.78 is 23.9. The molecule has 0 aliphatic rings. The summed E-state index contributed by atoms with van der Waals surface area (Å²) >= 11 is 0. The summed E-state index contributed by atoms with van der Waals surface area (Å²) in [5, 5.41) is 2.71. The summed E-state index contributed by atoms with van der Waals surface area (Å²) in [5.41, 5.74) is 1.17. The number of rotatable bonds is 5. The van der Waals surface area contributed by atoms with E-state index in [0.717, 1.165) is 11.1 Å². The van der Waals surface area contributed by atoms with E-state index in [0.29, 0.717) is 18.9 Å². The summed E-state index contributed by atoms with van der Waals surface area (Å²) in [6.45, 7) is 6.06. The van der Waals surface area contributed by atoms with Crippen molar-refractivity contribution in [1.82, 2.24) is 5.32 Å². The topological polar surface area (TPSA) is 47.6 Å². The number of hydrogen-bond donors (Lipinski definition) is 1. The highest BCUT2D eigenvalue weighted by atomic mass is 19.1. The number of carbonyl (C=O) groups excluding carboxylic acids is 1. The van der Waals surface area contributed by atoms with Gasteiger partial charge in [0.15, 0.2) is 0 Å². The first kappa shape index (κ1) is 17.8. The molecule has 0 heterocycles. The van der Waals surface area contributed by atoms with Crippen molar-refractivity contribution in [3.63, 3.8) is 0 Å². The van der Waals surface area contributed by atoms with Crippen molar-refractivity contribution in [1.29, 1.82) is 0 Å². The summed E-state index contributed by atoms with van der Waals surface area (Å²) in [6, 6.07) is 13.6. The Hall–Kier alpha value is -2.56. The SMILES string of the molecule is CC(C)(C)OC(=O)NCc1ccccc1OCc1ccc(F)cc1. The molecule has 2 aromatic carbocycles. The van der Waals surface area contributed by atoms with E-state index in [1.54, 1.807) is 12.1 Å². The Morgan fingerprint density at radius 2 is 1.75 bits per heavy atom. The first-order valence-corrected chi connectivity index (χ1v) is 7.75. The standard InChI is InChI=1S/C19H22FNO3/c1-19(2,3)24-18(22)21-12-15-6-4-5-7-17(15)23-13-14-8-10-16(20)11-9-14/h4-11H,12-13H2,1-3H3,(H,21,22). The van der Waals surface area contributed by atoms with Gasteiger partial charge in [-0.05, 0) is 44.5 Å². The summed E-state index contributed by atoms with van der Waals surface area (Å²) in [7, 11) is 0. The fourth-order valence-corrected chi connectivity index (χ4v) is 2.01. The number of para-hydroxylation sites is 1. The van der Waals surface area contributed by atoms with E-state index >= 15 is 0 Å². The molecule has 0 aliphatic heterocycles. The third-order valence-corrected chi connectivity index (χ3v) is 3.10. The molecule has 0 aromatic heterocycles. The van der Waals surface area contributed by atoms with E-state index in [9.17, 15) is 9.18 Å². The van der Waals surface area contributed by atoms with Gasteiger partial charge >= 0.3 is 6.09 Å². The Balaban J connectivity index is 1.94. The average molecular weight is 331 g/mol. The van der Waals surface area contributed by atoms with Crippen LogP contribution in [0.25, 0.3) is 0 Å². The quantitative estimate of drug-likeness (QED) is 0.882. The lowest BCUT2D eigenvalue weighted by Crippen LogP contribution is -2.32. The summed E-state index contributed by atoms with van der Waals surface area (Å²) in [5.74, 6) is 0.388. The van der Waals surface area contributed by atoms with Crippen molar-refractivity contribution >= 4 is 6.09 Å². The predicted molar refractivity (Wildman–Crippen MR) is 90.2 cm³/mol. The second kappa shape index (κ2) is 7.81. The lowest BCUT2D eigenvalue weighted by molar-refractivity contribution is 0.0523. The van der Waals surface area contributed by atoms with Crippen molar-refractivity contribution in [3.05, 3.63) is 65.5 Å². The zero-order valence-corrected chi connectivity index (χ0v) is 14.1. The molecule has 0 aliphatic carbocycles. The van der Waals surface area contributed by atoms with Crippen LogP contribution in [0.15, 0.2) is 48.5 Å². The Morgan fingerprint density at radius 1 is 1.08 bits per heavy atom. The first-order chi connectivity index (χ1) is 11.3. The fraction of sp³-hybridized carbons (Fsp3) is 0.316. The molecule has 0 atom stereocenters. The van der Waals surface area contributed by atoms with Gasteiger partial charge in [0.2, 0.25) is 0 Å². The third-order valence-electron chi connectivity index (χ3n) is 3.10. The smallest absolute Gasteiger partial charge is 0.407 e. The maximum Gasteiger partial charge on any atom is 0.407 e.